The Morgan fingerprint density at radius 1 is 0.935 bits per heavy atom. The number of aliphatic hydroxyl groups is 1. The molecule has 6 fully saturated rings. The first-order chi connectivity index (χ1) is 15.0. The Kier molecular flexibility index (Phi) is 4.09. The largest absolute Gasteiger partial charge is 0.496 e. The van der Waals surface area contributed by atoms with Crippen LogP contribution in [0.3, 0.4) is 0 Å². The zero-order valence-corrected chi connectivity index (χ0v) is 19.5. The molecular weight excluding hydrogens is 380 g/mol. The first kappa shape index (κ1) is 19.4. The number of hydrogen-bond acceptors (Lipinski definition) is 2. The Morgan fingerprint density at radius 2 is 1.65 bits per heavy atom. The minimum atomic E-state index is -0.0710. The Bertz CT molecular complexity index is 867. The first-order valence-electron chi connectivity index (χ1n) is 13.4. The second-order valence-electron chi connectivity index (χ2n) is 13.0. The maximum atomic E-state index is 10.8. The third-order valence-corrected chi connectivity index (χ3v) is 11.6. The first-order valence-corrected chi connectivity index (χ1v) is 13.4. The maximum Gasteiger partial charge on any atom is 0.122 e. The molecule has 0 amide bonds. The summed E-state index contributed by atoms with van der Waals surface area (Å²) in [5.41, 5.74) is 5.43. The van der Waals surface area contributed by atoms with Crippen molar-refractivity contribution in [1.29, 1.82) is 0 Å². The Labute approximate surface area is 188 Å². The topological polar surface area (TPSA) is 29.5 Å². The summed E-state index contributed by atoms with van der Waals surface area (Å²) >= 11 is 0. The number of hydrogen-bond donors (Lipinski definition) is 1. The number of aryl methyl sites for hydroxylation is 1. The number of methoxy groups -OCH3 is 1. The molecule has 0 aromatic heterocycles. The standard InChI is InChI=1S/C29H40O2/c1-28-8-7-21-22(24(28)5-6-27(28)30)4-3-20-12-26(31-2)25(13-23(20)21)29-14-17-9-18(15-29)11-19(10-17)16-29/h12-13,17-19,21-22,24,27,30H,3-11,14-16H2,1-2H3/t17?,18?,19?,21-,22+,24-,27-,28-,29?/m0/s1. The van der Waals surface area contributed by atoms with E-state index in [9.17, 15) is 5.11 Å². The fourth-order valence-corrected chi connectivity index (χ4v) is 10.6. The van der Waals surface area contributed by atoms with E-state index >= 15 is 0 Å². The minimum absolute atomic E-state index is 0.0710. The molecule has 1 aromatic rings. The van der Waals surface area contributed by atoms with Crippen molar-refractivity contribution in [1.82, 2.24) is 0 Å². The van der Waals surface area contributed by atoms with E-state index < -0.39 is 0 Å². The fraction of sp³-hybridized carbons (Fsp3) is 0.793. The molecule has 2 heteroatoms. The average Bonchev–Trinajstić information content (AvgIpc) is 3.06. The van der Waals surface area contributed by atoms with Crippen molar-refractivity contribution in [2.24, 2.45) is 35.0 Å². The molecule has 0 radical (unpaired) electrons. The highest BCUT2D eigenvalue weighted by Gasteiger charge is 2.56. The molecule has 0 spiro atoms. The lowest BCUT2D eigenvalue weighted by molar-refractivity contribution is -0.0228. The molecule has 2 nitrogen and oxygen atoms in total. The number of fused-ring (bicyclic) bond motifs is 5. The van der Waals surface area contributed by atoms with E-state index in [0.29, 0.717) is 11.3 Å². The van der Waals surface area contributed by atoms with Gasteiger partial charge in [0.15, 0.2) is 0 Å². The Balaban J connectivity index is 1.30. The molecule has 7 aliphatic rings. The lowest BCUT2D eigenvalue weighted by Crippen LogP contribution is -2.49. The van der Waals surface area contributed by atoms with E-state index in [0.717, 1.165) is 36.0 Å². The summed E-state index contributed by atoms with van der Waals surface area (Å²) < 4.78 is 6.10. The van der Waals surface area contributed by atoms with Crippen molar-refractivity contribution in [3.8, 4) is 5.75 Å². The van der Waals surface area contributed by atoms with Gasteiger partial charge in [0, 0.05) is 5.56 Å². The zero-order chi connectivity index (χ0) is 21.0. The molecule has 0 heterocycles. The molecule has 0 saturated heterocycles. The van der Waals surface area contributed by atoms with Gasteiger partial charge in [-0.25, -0.2) is 0 Å². The summed E-state index contributed by atoms with van der Waals surface area (Å²) in [5, 5.41) is 10.8. The predicted octanol–water partition coefficient (Wildman–Crippen LogP) is 6.38. The van der Waals surface area contributed by atoms with E-state index in [1.807, 2.05) is 7.11 Å². The van der Waals surface area contributed by atoms with Crippen LogP contribution in [0.5, 0.6) is 5.75 Å². The van der Waals surface area contributed by atoms with Gasteiger partial charge in [-0.3, -0.25) is 0 Å². The summed E-state index contributed by atoms with van der Waals surface area (Å²) in [4.78, 5) is 0. The van der Waals surface area contributed by atoms with E-state index in [-0.39, 0.29) is 11.5 Å². The highest BCUT2D eigenvalue weighted by atomic mass is 16.5. The van der Waals surface area contributed by atoms with E-state index in [1.165, 1.54) is 76.4 Å². The number of aliphatic hydroxyl groups excluding tert-OH is 1. The molecule has 4 bridgehead atoms. The second kappa shape index (κ2) is 6.52. The van der Waals surface area contributed by atoms with Crippen LogP contribution in [0.4, 0.5) is 0 Å². The smallest absolute Gasteiger partial charge is 0.122 e. The molecule has 1 N–H and O–H groups in total. The van der Waals surface area contributed by atoms with Crippen LogP contribution in [0.2, 0.25) is 0 Å². The third-order valence-electron chi connectivity index (χ3n) is 11.6. The van der Waals surface area contributed by atoms with Crippen LogP contribution in [-0.4, -0.2) is 18.3 Å². The third kappa shape index (κ3) is 2.61. The van der Waals surface area contributed by atoms with Gasteiger partial charge in [0.2, 0.25) is 0 Å². The molecule has 0 unspecified atom stereocenters. The van der Waals surface area contributed by atoms with Gasteiger partial charge >= 0.3 is 0 Å². The molecule has 8 rings (SSSR count). The second-order valence-corrected chi connectivity index (χ2v) is 13.0. The summed E-state index contributed by atoms with van der Waals surface area (Å²) in [7, 11) is 1.91. The van der Waals surface area contributed by atoms with Crippen LogP contribution in [-0.2, 0) is 11.8 Å². The normalized spacial score (nSPS) is 49.5. The molecule has 7 aliphatic carbocycles. The van der Waals surface area contributed by atoms with Crippen LogP contribution in [0.15, 0.2) is 12.1 Å². The fourth-order valence-electron chi connectivity index (χ4n) is 10.6. The van der Waals surface area contributed by atoms with Crippen LogP contribution in [0, 0.1) is 35.0 Å². The van der Waals surface area contributed by atoms with Crippen molar-refractivity contribution < 1.29 is 9.84 Å². The van der Waals surface area contributed by atoms with Gasteiger partial charge in [0.25, 0.3) is 0 Å². The summed E-state index contributed by atoms with van der Waals surface area (Å²) in [6, 6.07) is 5.16. The molecular formula is C29H40O2. The van der Waals surface area contributed by atoms with Crippen molar-refractivity contribution >= 4 is 0 Å². The number of ether oxygens (including phenoxy) is 1. The van der Waals surface area contributed by atoms with E-state index in [2.05, 4.69) is 19.1 Å². The van der Waals surface area contributed by atoms with Crippen molar-refractivity contribution in [2.75, 3.05) is 7.11 Å². The lowest BCUT2D eigenvalue weighted by Gasteiger charge is -2.57. The highest BCUT2D eigenvalue weighted by Crippen LogP contribution is 2.64. The Hall–Kier alpha value is -1.02. The van der Waals surface area contributed by atoms with Crippen molar-refractivity contribution in [2.45, 2.75) is 101 Å². The number of benzene rings is 1. The summed E-state index contributed by atoms with van der Waals surface area (Å²) in [6.07, 6.45) is 15.9. The zero-order valence-electron chi connectivity index (χ0n) is 19.5. The lowest BCUT2D eigenvalue weighted by atomic mass is 9.47. The molecule has 6 saturated carbocycles. The Morgan fingerprint density at radius 3 is 2.32 bits per heavy atom. The van der Waals surface area contributed by atoms with Crippen LogP contribution in [0.25, 0.3) is 0 Å². The van der Waals surface area contributed by atoms with Gasteiger partial charge in [-0.05, 0) is 141 Å². The van der Waals surface area contributed by atoms with Gasteiger partial charge in [0.1, 0.15) is 5.75 Å². The van der Waals surface area contributed by atoms with Crippen molar-refractivity contribution in [3.63, 3.8) is 0 Å². The van der Waals surface area contributed by atoms with E-state index in [1.54, 1.807) is 16.7 Å². The van der Waals surface area contributed by atoms with Crippen LogP contribution in [0.1, 0.15) is 100 Å². The van der Waals surface area contributed by atoms with Gasteiger partial charge in [-0.2, -0.15) is 0 Å². The molecule has 31 heavy (non-hydrogen) atoms. The van der Waals surface area contributed by atoms with Crippen LogP contribution < -0.4 is 4.74 Å². The van der Waals surface area contributed by atoms with Crippen molar-refractivity contribution in [3.05, 3.63) is 28.8 Å². The van der Waals surface area contributed by atoms with Gasteiger partial charge < -0.3 is 9.84 Å². The van der Waals surface area contributed by atoms with Crippen LogP contribution >= 0.6 is 0 Å². The van der Waals surface area contributed by atoms with Gasteiger partial charge in [-0.1, -0.05) is 13.0 Å². The predicted molar refractivity (Wildman–Crippen MR) is 123 cm³/mol. The SMILES string of the molecule is COc1cc2c(cc1C13CC4CC(CC(C4)C1)C3)[C@H]1CC[C@]3(C)[C@@H](O)CC[C@H]3[C@@H]1CC2. The van der Waals surface area contributed by atoms with Gasteiger partial charge in [-0.15, -0.1) is 0 Å². The summed E-state index contributed by atoms with van der Waals surface area (Å²) in [6.45, 7) is 2.40. The molecule has 168 valence electrons. The summed E-state index contributed by atoms with van der Waals surface area (Å²) in [5.74, 6) is 6.32. The molecule has 5 atom stereocenters. The number of rotatable bonds is 2. The average molecular weight is 421 g/mol. The molecule has 1 aromatic carbocycles. The minimum Gasteiger partial charge on any atom is -0.496 e. The monoisotopic (exact) mass is 420 g/mol. The quantitative estimate of drug-likeness (QED) is 0.601. The highest BCUT2D eigenvalue weighted by molar-refractivity contribution is 5.50. The molecule has 0 aliphatic heterocycles. The van der Waals surface area contributed by atoms with Gasteiger partial charge in [0.05, 0.1) is 13.2 Å². The van der Waals surface area contributed by atoms with E-state index in [4.69, 9.17) is 4.74 Å². The maximum absolute atomic E-state index is 10.8.